The maximum Gasteiger partial charge on any atom is 0.128 e. The van der Waals surface area contributed by atoms with Crippen LogP contribution in [0.25, 0.3) is 0 Å². The zero-order valence-electron chi connectivity index (χ0n) is 10.9. The third-order valence-electron chi connectivity index (χ3n) is 2.56. The second kappa shape index (κ2) is 7.56. The molecule has 0 saturated heterocycles. The Hall–Kier alpha value is -1.99. The smallest absolute Gasteiger partial charge is 0.128 e. The second-order valence-electron chi connectivity index (χ2n) is 4.11. The highest BCUT2D eigenvalue weighted by Gasteiger charge is 2.00. The van der Waals surface area contributed by atoms with Gasteiger partial charge in [-0.05, 0) is 18.6 Å². The van der Waals surface area contributed by atoms with E-state index in [0.29, 0.717) is 17.9 Å². The molecule has 0 amide bonds. The summed E-state index contributed by atoms with van der Waals surface area (Å²) in [5.41, 5.74) is 0.565. The minimum Gasteiger partial charge on any atom is -0.493 e. The Labute approximate surface area is 122 Å². The summed E-state index contributed by atoms with van der Waals surface area (Å²) in [4.78, 5) is 3.96. The minimum atomic E-state index is -0.365. The van der Waals surface area contributed by atoms with Crippen LogP contribution in [0, 0.1) is 17.7 Å². The van der Waals surface area contributed by atoms with E-state index in [0.717, 1.165) is 13.0 Å². The first-order chi connectivity index (χ1) is 9.78. The summed E-state index contributed by atoms with van der Waals surface area (Å²) in [5.74, 6) is 5.80. The molecule has 5 heteroatoms. The van der Waals surface area contributed by atoms with Crippen molar-refractivity contribution in [3.8, 4) is 17.6 Å². The van der Waals surface area contributed by atoms with E-state index in [9.17, 15) is 4.39 Å². The number of halogens is 2. The van der Waals surface area contributed by atoms with E-state index in [4.69, 9.17) is 16.3 Å². The number of alkyl halides is 1. The van der Waals surface area contributed by atoms with Gasteiger partial charge in [-0.1, -0.05) is 11.8 Å². The zero-order chi connectivity index (χ0) is 14.2. The molecule has 0 saturated carbocycles. The van der Waals surface area contributed by atoms with Crippen LogP contribution in [0.2, 0.25) is 0 Å². The van der Waals surface area contributed by atoms with Gasteiger partial charge in [0.2, 0.25) is 0 Å². The van der Waals surface area contributed by atoms with Gasteiger partial charge in [-0.2, -0.15) is 0 Å². The molecule has 0 spiro atoms. The van der Waals surface area contributed by atoms with Crippen molar-refractivity contribution in [1.29, 1.82) is 0 Å². The van der Waals surface area contributed by atoms with Crippen molar-refractivity contribution in [3.63, 3.8) is 0 Å². The normalized spacial score (nSPS) is 9.90. The molecule has 0 aliphatic carbocycles. The fourth-order valence-electron chi connectivity index (χ4n) is 1.71. The Morgan fingerprint density at radius 1 is 1.35 bits per heavy atom. The molecule has 1 heterocycles. The summed E-state index contributed by atoms with van der Waals surface area (Å²) < 4.78 is 20.9. The van der Waals surface area contributed by atoms with Gasteiger partial charge < -0.3 is 9.30 Å². The topological polar surface area (TPSA) is 27.1 Å². The minimum absolute atomic E-state index is 0.220. The first-order valence-electron chi connectivity index (χ1n) is 6.22. The molecule has 1 aromatic carbocycles. The van der Waals surface area contributed by atoms with Gasteiger partial charge in [-0.15, -0.1) is 11.6 Å². The molecule has 2 rings (SSSR count). The van der Waals surface area contributed by atoms with Crippen molar-refractivity contribution in [2.75, 3.05) is 12.5 Å². The summed E-state index contributed by atoms with van der Waals surface area (Å²) >= 11 is 5.48. The summed E-state index contributed by atoms with van der Waals surface area (Å²) in [6, 6.07) is 4.42. The Morgan fingerprint density at radius 3 is 3.00 bits per heavy atom. The number of ether oxygens (including phenoxy) is 1. The van der Waals surface area contributed by atoms with Gasteiger partial charge in [0.1, 0.15) is 11.6 Å². The van der Waals surface area contributed by atoms with E-state index in [1.807, 2.05) is 10.8 Å². The van der Waals surface area contributed by atoms with Crippen LogP contribution in [0.15, 0.2) is 36.9 Å². The fourth-order valence-corrected chi connectivity index (χ4v) is 1.78. The van der Waals surface area contributed by atoms with Crippen LogP contribution in [-0.2, 0) is 6.54 Å². The Morgan fingerprint density at radius 2 is 2.25 bits per heavy atom. The van der Waals surface area contributed by atoms with Gasteiger partial charge in [0.15, 0.2) is 0 Å². The number of rotatable bonds is 5. The van der Waals surface area contributed by atoms with Gasteiger partial charge in [0, 0.05) is 30.6 Å². The Kier molecular flexibility index (Phi) is 5.45. The van der Waals surface area contributed by atoms with Crippen molar-refractivity contribution in [1.82, 2.24) is 9.55 Å². The predicted molar refractivity (Wildman–Crippen MR) is 76.3 cm³/mol. The van der Waals surface area contributed by atoms with Gasteiger partial charge in [-0.3, -0.25) is 0 Å². The summed E-state index contributed by atoms with van der Waals surface area (Å²) in [5, 5.41) is 0. The first kappa shape index (κ1) is 14.4. The van der Waals surface area contributed by atoms with Gasteiger partial charge in [-0.25, -0.2) is 9.37 Å². The Balaban J connectivity index is 1.87. The molecule has 20 heavy (non-hydrogen) atoms. The molecule has 104 valence electrons. The average molecular weight is 293 g/mol. The molecule has 0 fully saturated rings. The molecule has 0 atom stereocenters. The van der Waals surface area contributed by atoms with E-state index in [2.05, 4.69) is 16.8 Å². The Bertz CT molecular complexity index is 602. The first-order valence-corrected chi connectivity index (χ1v) is 6.75. The van der Waals surface area contributed by atoms with E-state index in [1.54, 1.807) is 18.6 Å². The second-order valence-corrected chi connectivity index (χ2v) is 4.38. The predicted octanol–water partition coefficient (Wildman–Crippen LogP) is 3.08. The molecular formula is C15H14ClFN2O. The van der Waals surface area contributed by atoms with Gasteiger partial charge in [0.05, 0.1) is 18.8 Å². The lowest BCUT2D eigenvalue weighted by molar-refractivity contribution is 0.300. The van der Waals surface area contributed by atoms with Crippen LogP contribution in [0.5, 0.6) is 5.75 Å². The van der Waals surface area contributed by atoms with E-state index >= 15 is 0 Å². The zero-order valence-corrected chi connectivity index (χ0v) is 11.6. The summed E-state index contributed by atoms with van der Waals surface area (Å²) in [7, 11) is 0. The molecule has 0 bridgehead atoms. The van der Waals surface area contributed by atoms with Crippen molar-refractivity contribution >= 4 is 11.6 Å². The lowest BCUT2D eigenvalue weighted by atomic mass is 10.2. The van der Waals surface area contributed by atoms with Crippen LogP contribution in [0.1, 0.15) is 12.0 Å². The third-order valence-corrected chi connectivity index (χ3v) is 2.69. The lowest BCUT2D eigenvalue weighted by Crippen LogP contribution is -2.03. The third kappa shape index (κ3) is 4.60. The SMILES string of the molecule is Fc1cc(C#CCCl)cc(OCCCn2ccnc2)c1. The highest BCUT2D eigenvalue weighted by Crippen LogP contribution is 2.16. The maximum absolute atomic E-state index is 13.4. The van der Waals surface area contributed by atoms with Crippen molar-refractivity contribution < 1.29 is 9.13 Å². The largest absolute Gasteiger partial charge is 0.493 e. The number of aryl methyl sites for hydroxylation is 1. The quantitative estimate of drug-likeness (QED) is 0.481. The van der Waals surface area contributed by atoms with Crippen molar-refractivity contribution in [3.05, 3.63) is 48.3 Å². The molecule has 1 aromatic heterocycles. The number of hydrogen-bond donors (Lipinski definition) is 0. The molecular weight excluding hydrogens is 279 g/mol. The molecule has 0 aliphatic heterocycles. The fraction of sp³-hybridized carbons (Fsp3) is 0.267. The maximum atomic E-state index is 13.4. The molecule has 0 radical (unpaired) electrons. The van der Waals surface area contributed by atoms with Crippen LogP contribution >= 0.6 is 11.6 Å². The van der Waals surface area contributed by atoms with Crippen molar-refractivity contribution in [2.24, 2.45) is 0 Å². The molecule has 0 aliphatic rings. The van der Waals surface area contributed by atoms with Crippen molar-refractivity contribution in [2.45, 2.75) is 13.0 Å². The van der Waals surface area contributed by atoms with Crippen LogP contribution in [-0.4, -0.2) is 22.0 Å². The summed E-state index contributed by atoms with van der Waals surface area (Å²) in [6.45, 7) is 1.32. The monoisotopic (exact) mass is 292 g/mol. The highest BCUT2D eigenvalue weighted by molar-refractivity contribution is 6.19. The van der Waals surface area contributed by atoms with Crippen LogP contribution < -0.4 is 4.74 Å². The van der Waals surface area contributed by atoms with Crippen LogP contribution in [0.4, 0.5) is 4.39 Å². The number of imidazole rings is 1. The summed E-state index contributed by atoms with van der Waals surface area (Å²) in [6.07, 6.45) is 6.19. The molecule has 0 N–H and O–H groups in total. The van der Waals surface area contributed by atoms with Gasteiger partial charge in [0.25, 0.3) is 0 Å². The van der Waals surface area contributed by atoms with Crippen LogP contribution in [0.3, 0.4) is 0 Å². The molecule has 2 aromatic rings. The standard InChI is InChI=1S/C15H14ClFN2O/c16-4-1-3-13-9-14(17)11-15(10-13)20-8-2-6-19-7-5-18-12-19/h5,7,9-12H,2,4,6,8H2. The van der Waals surface area contributed by atoms with E-state index < -0.39 is 0 Å². The molecule has 0 unspecified atom stereocenters. The number of benzene rings is 1. The number of aromatic nitrogens is 2. The van der Waals surface area contributed by atoms with E-state index in [-0.39, 0.29) is 11.7 Å². The lowest BCUT2D eigenvalue weighted by Gasteiger charge is -2.07. The number of hydrogen-bond acceptors (Lipinski definition) is 2. The average Bonchev–Trinajstić information content (AvgIpc) is 2.94. The van der Waals surface area contributed by atoms with Gasteiger partial charge >= 0.3 is 0 Å². The number of nitrogens with zero attached hydrogens (tertiary/aromatic N) is 2. The van der Waals surface area contributed by atoms with E-state index in [1.165, 1.54) is 12.1 Å². The molecule has 3 nitrogen and oxygen atoms in total. The highest BCUT2D eigenvalue weighted by atomic mass is 35.5.